The van der Waals surface area contributed by atoms with Crippen molar-refractivity contribution in [3.63, 3.8) is 0 Å². The van der Waals surface area contributed by atoms with Gasteiger partial charge in [0, 0.05) is 30.8 Å². The number of halogens is 1. The lowest BCUT2D eigenvalue weighted by molar-refractivity contribution is -0.135. The molecule has 1 aliphatic heterocycles. The van der Waals surface area contributed by atoms with Gasteiger partial charge in [0.25, 0.3) is 0 Å². The van der Waals surface area contributed by atoms with Crippen LogP contribution in [-0.2, 0) is 16.1 Å². The lowest BCUT2D eigenvalue weighted by Crippen LogP contribution is -2.48. The molecular formula is C16H23BrN2O2. The van der Waals surface area contributed by atoms with Crippen LogP contribution in [0.3, 0.4) is 0 Å². The number of likely N-dealkylation sites (N-methyl/N-ethyl adjacent to an activating group) is 1. The fourth-order valence-electron chi connectivity index (χ4n) is 2.69. The van der Waals surface area contributed by atoms with Crippen LogP contribution in [0.1, 0.15) is 25.3 Å². The fraction of sp³-hybridized carbons (Fsp3) is 0.562. The second-order valence-electron chi connectivity index (χ2n) is 5.46. The summed E-state index contributed by atoms with van der Waals surface area (Å²) in [4.78, 5) is 14.4. The first-order chi connectivity index (χ1) is 10.1. The highest BCUT2D eigenvalue weighted by molar-refractivity contribution is 9.10. The molecule has 1 amide bonds. The summed E-state index contributed by atoms with van der Waals surface area (Å²) in [5.74, 6) is 0.284. The zero-order chi connectivity index (χ0) is 15.2. The van der Waals surface area contributed by atoms with Gasteiger partial charge in [-0.1, -0.05) is 28.1 Å². The van der Waals surface area contributed by atoms with Crippen molar-refractivity contribution in [2.75, 3.05) is 19.8 Å². The Morgan fingerprint density at radius 2 is 2.19 bits per heavy atom. The molecule has 1 aromatic carbocycles. The van der Waals surface area contributed by atoms with E-state index in [0.717, 1.165) is 22.9 Å². The summed E-state index contributed by atoms with van der Waals surface area (Å²) < 4.78 is 6.36. The molecule has 0 saturated carbocycles. The molecule has 5 heteroatoms. The zero-order valence-corrected chi connectivity index (χ0v) is 14.0. The Bertz CT molecular complexity index is 475. The van der Waals surface area contributed by atoms with Crippen molar-refractivity contribution < 1.29 is 9.53 Å². The summed E-state index contributed by atoms with van der Waals surface area (Å²) in [7, 11) is 0. The Morgan fingerprint density at radius 1 is 1.48 bits per heavy atom. The largest absolute Gasteiger partial charge is 0.381 e. The van der Waals surface area contributed by atoms with E-state index < -0.39 is 6.04 Å². The van der Waals surface area contributed by atoms with E-state index in [1.54, 1.807) is 0 Å². The minimum atomic E-state index is -0.416. The van der Waals surface area contributed by atoms with Crippen molar-refractivity contribution in [1.82, 2.24) is 4.90 Å². The van der Waals surface area contributed by atoms with E-state index in [4.69, 9.17) is 10.5 Å². The number of carbonyl (C=O) groups excluding carboxylic acids is 1. The molecule has 1 atom stereocenters. The second kappa shape index (κ2) is 7.92. The van der Waals surface area contributed by atoms with Gasteiger partial charge in [-0.2, -0.15) is 0 Å². The first-order valence-corrected chi connectivity index (χ1v) is 8.27. The predicted octanol–water partition coefficient (Wildman–Crippen LogP) is 2.55. The second-order valence-corrected chi connectivity index (χ2v) is 6.37. The smallest absolute Gasteiger partial charge is 0.240 e. The van der Waals surface area contributed by atoms with Crippen LogP contribution in [0.15, 0.2) is 28.7 Å². The Morgan fingerprint density at radius 3 is 2.81 bits per heavy atom. The van der Waals surface area contributed by atoms with Crippen LogP contribution in [0.2, 0.25) is 0 Å². The van der Waals surface area contributed by atoms with Crippen LogP contribution < -0.4 is 5.73 Å². The van der Waals surface area contributed by atoms with E-state index in [2.05, 4.69) is 15.9 Å². The Labute approximate surface area is 134 Å². The Kier molecular flexibility index (Phi) is 6.21. The molecule has 0 bridgehead atoms. The Balaban J connectivity index is 2.00. The minimum absolute atomic E-state index is 0.0457. The molecule has 0 radical (unpaired) electrons. The normalized spacial score (nSPS) is 17.5. The number of hydrogen-bond acceptors (Lipinski definition) is 3. The monoisotopic (exact) mass is 354 g/mol. The van der Waals surface area contributed by atoms with E-state index in [-0.39, 0.29) is 11.8 Å². The summed E-state index contributed by atoms with van der Waals surface area (Å²) in [6, 6.07) is 7.61. The van der Waals surface area contributed by atoms with Crippen LogP contribution in [0.4, 0.5) is 0 Å². The molecule has 1 unspecified atom stereocenters. The molecule has 2 N–H and O–H groups in total. The maximum atomic E-state index is 12.6. The fourth-order valence-corrected chi connectivity index (χ4v) is 3.14. The lowest BCUT2D eigenvalue weighted by Gasteiger charge is -2.31. The van der Waals surface area contributed by atoms with Gasteiger partial charge in [-0.15, -0.1) is 0 Å². The highest BCUT2D eigenvalue weighted by Crippen LogP contribution is 2.20. The molecule has 0 aliphatic carbocycles. The van der Waals surface area contributed by atoms with E-state index in [9.17, 15) is 4.79 Å². The zero-order valence-electron chi connectivity index (χ0n) is 12.4. The number of nitrogens with zero attached hydrogens (tertiary/aromatic N) is 1. The molecule has 0 aromatic heterocycles. The lowest BCUT2D eigenvalue weighted by atomic mass is 9.91. The summed E-state index contributed by atoms with van der Waals surface area (Å²) >= 11 is 3.46. The number of rotatable bonds is 5. The van der Waals surface area contributed by atoms with E-state index in [0.29, 0.717) is 26.3 Å². The number of hydrogen-bond donors (Lipinski definition) is 1. The first kappa shape index (κ1) is 16.5. The summed E-state index contributed by atoms with van der Waals surface area (Å²) in [5.41, 5.74) is 7.31. The molecule has 1 heterocycles. The quantitative estimate of drug-likeness (QED) is 0.883. The van der Waals surface area contributed by atoms with Gasteiger partial charge in [0.15, 0.2) is 0 Å². The maximum absolute atomic E-state index is 12.6. The topological polar surface area (TPSA) is 55.6 Å². The molecule has 1 saturated heterocycles. The van der Waals surface area contributed by atoms with E-state index in [1.165, 1.54) is 0 Å². The van der Waals surface area contributed by atoms with Crippen LogP contribution in [-0.4, -0.2) is 36.6 Å². The van der Waals surface area contributed by atoms with Gasteiger partial charge in [-0.3, -0.25) is 4.79 Å². The summed E-state index contributed by atoms with van der Waals surface area (Å²) in [6.07, 6.45) is 1.75. The molecule has 1 fully saturated rings. The highest BCUT2D eigenvalue weighted by atomic mass is 79.9. The van der Waals surface area contributed by atoms with Crippen molar-refractivity contribution in [3.8, 4) is 0 Å². The van der Waals surface area contributed by atoms with E-state index >= 15 is 0 Å². The van der Waals surface area contributed by atoms with Crippen molar-refractivity contribution in [1.29, 1.82) is 0 Å². The summed E-state index contributed by atoms with van der Waals surface area (Å²) in [5, 5.41) is 0. The van der Waals surface area contributed by atoms with Gasteiger partial charge in [0.05, 0.1) is 6.04 Å². The number of carbonyl (C=O) groups is 1. The van der Waals surface area contributed by atoms with Crippen molar-refractivity contribution in [2.45, 2.75) is 32.4 Å². The molecule has 1 aromatic rings. The van der Waals surface area contributed by atoms with Crippen LogP contribution >= 0.6 is 15.9 Å². The number of ether oxygens (including phenoxy) is 1. The Hall–Kier alpha value is -0.910. The number of amides is 1. The maximum Gasteiger partial charge on any atom is 0.240 e. The van der Waals surface area contributed by atoms with Crippen LogP contribution in [0.25, 0.3) is 0 Å². The third kappa shape index (κ3) is 4.53. The van der Waals surface area contributed by atoms with Gasteiger partial charge in [0.1, 0.15) is 0 Å². The average Bonchev–Trinajstić information content (AvgIpc) is 2.52. The van der Waals surface area contributed by atoms with Crippen molar-refractivity contribution in [3.05, 3.63) is 34.3 Å². The molecule has 1 aliphatic rings. The van der Waals surface area contributed by atoms with Gasteiger partial charge in [-0.05, 0) is 43.4 Å². The number of nitrogens with two attached hydrogens (primary N) is 1. The molecule has 0 spiro atoms. The van der Waals surface area contributed by atoms with Crippen molar-refractivity contribution >= 4 is 21.8 Å². The molecule has 4 nitrogen and oxygen atoms in total. The molecule has 2 rings (SSSR count). The van der Waals surface area contributed by atoms with Gasteiger partial charge in [-0.25, -0.2) is 0 Å². The van der Waals surface area contributed by atoms with Crippen molar-refractivity contribution in [2.24, 2.45) is 11.7 Å². The molecule has 21 heavy (non-hydrogen) atoms. The first-order valence-electron chi connectivity index (χ1n) is 7.48. The highest BCUT2D eigenvalue weighted by Gasteiger charge is 2.29. The molecule has 116 valence electrons. The van der Waals surface area contributed by atoms with Gasteiger partial charge >= 0.3 is 0 Å². The predicted molar refractivity (Wildman–Crippen MR) is 86.8 cm³/mol. The van der Waals surface area contributed by atoms with Crippen LogP contribution in [0.5, 0.6) is 0 Å². The van der Waals surface area contributed by atoms with Gasteiger partial charge in [0.2, 0.25) is 5.91 Å². The third-order valence-electron chi connectivity index (χ3n) is 4.01. The minimum Gasteiger partial charge on any atom is -0.381 e. The number of benzene rings is 1. The summed E-state index contributed by atoms with van der Waals surface area (Å²) in [6.45, 7) is 4.69. The standard InChI is InChI=1S/C16H23BrN2O2/c1-2-19(11-12-4-3-5-14(17)10-12)16(20)15(18)13-6-8-21-9-7-13/h3-5,10,13,15H,2,6-9,11,18H2,1H3. The van der Waals surface area contributed by atoms with Crippen LogP contribution in [0, 0.1) is 5.92 Å². The van der Waals surface area contributed by atoms with E-state index in [1.807, 2.05) is 36.1 Å². The SMILES string of the molecule is CCN(Cc1cccc(Br)c1)C(=O)C(N)C1CCOCC1. The third-order valence-corrected chi connectivity index (χ3v) is 4.51. The average molecular weight is 355 g/mol. The molecular weight excluding hydrogens is 332 g/mol. The van der Waals surface area contributed by atoms with Gasteiger partial charge < -0.3 is 15.4 Å².